The van der Waals surface area contributed by atoms with E-state index in [1.54, 1.807) is 0 Å². The summed E-state index contributed by atoms with van der Waals surface area (Å²) in [6.07, 6.45) is 0. The van der Waals surface area contributed by atoms with Crippen LogP contribution in [0.1, 0.15) is 34.6 Å². The second-order valence-corrected chi connectivity index (χ2v) is 16.9. The first kappa shape index (κ1) is 14.8. The van der Waals surface area contributed by atoms with Gasteiger partial charge in [0.2, 0.25) is 0 Å². The van der Waals surface area contributed by atoms with Crippen LogP contribution < -0.4 is 0 Å². The van der Waals surface area contributed by atoms with Gasteiger partial charge in [0.15, 0.2) is 8.32 Å². The zero-order valence-electron chi connectivity index (χ0n) is 11.2. The summed E-state index contributed by atoms with van der Waals surface area (Å²) < 4.78 is 22.8. The molecule has 0 aromatic rings. The molecule has 1 heterocycles. The first-order chi connectivity index (χ1) is 7.27. The van der Waals surface area contributed by atoms with Crippen LogP contribution in [0.5, 0.6) is 0 Å². The summed E-state index contributed by atoms with van der Waals surface area (Å²) in [7, 11) is -5.22. The molecule has 1 aliphatic rings. The van der Waals surface area contributed by atoms with Gasteiger partial charge in [-0.25, -0.2) is 0 Å². The van der Waals surface area contributed by atoms with Crippen molar-refractivity contribution in [3.8, 4) is 0 Å². The molecule has 0 aliphatic carbocycles. The Kier molecular flexibility index (Phi) is 5.14. The minimum atomic E-state index is -1.85. The third-order valence-corrected chi connectivity index (χ3v) is 16.0. The zero-order valence-corrected chi connectivity index (χ0v) is 16.2. The lowest BCUT2D eigenvalue weighted by Gasteiger charge is -2.44. The Morgan fingerprint density at radius 3 is 2.06 bits per heavy atom. The molecule has 8 heteroatoms. The molecule has 0 amide bonds. The lowest BCUT2D eigenvalue weighted by Crippen LogP contribution is -2.54. The highest BCUT2D eigenvalue weighted by Gasteiger charge is 2.47. The highest BCUT2D eigenvalue weighted by atomic mass is 28.5. The van der Waals surface area contributed by atoms with Crippen LogP contribution >= 0.6 is 0 Å². The van der Waals surface area contributed by atoms with E-state index >= 15 is 0 Å². The van der Waals surface area contributed by atoms with Gasteiger partial charge in [-0.15, -0.1) is 0 Å². The van der Waals surface area contributed by atoms with Gasteiger partial charge in [-0.2, -0.15) is 0 Å². The average Bonchev–Trinajstić information content (AvgIpc) is 2.17. The van der Waals surface area contributed by atoms with Crippen LogP contribution in [0.3, 0.4) is 0 Å². The molecule has 0 saturated carbocycles. The van der Waals surface area contributed by atoms with E-state index in [1.165, 1.54) is 0 Å². The summed E-state index contributed by atoms with van der Waals surface area (Å²) >= 11 is 0. The topological polar surface area (TPSA) is 36.9 Å². The average molecular weight is 297 g/mol. The summed E-state index contributed by atoms with van der Waals surface area (Å²) in [4.78, 5) is 0. The van der Waals surface area contributed by atoms with E-state index in [1.807, 2.05) is 0 Å². The van der Waals surface area contributed by atoms with Gasteiger partial charge in [-0.3, -0.25) is 0 Å². The van der Waals surface area contributed by atoms with E-state index in [0.29, 0.717) is 5.54 Å². The Hall–Kier alpha value is 0.708. The molecule has 0 spiro atoms. The van der Waals surface area contributed by atoms with Crippen LogP contribution in [0.25, 0.3) is 0 Å². The molecule has 0 N–H and O–H groups in total. The molecule has 0 radical (unpaired) electrons. The molecular formula is C8H24O4Si4. The van der Waals surface area contributed by atoms with Crippen molar-refractivity contribution < 1.29 is 16.5 Å². The summed E-state index contributed by atoms with van der Waals surface area (Å²) in [5, 5.41) is 0.211. The second-order valence-electron chi connectivity index (χ2n) is 5.69. The minimum Gasteiger partial charge on any atom is -0.425 e. The Labute approximate surface area is 106 Å². The van der Waals surface area contributed by atoms with Crippen molar-refractivity contribution >= 4 is 37.9 Å². The Morgan fingerprint density at radius 1 is 1.19 bits per heavy atom. The van der Waals surface area contributed by atoms with Gasteiger partial charge in [-0.05, 0) is 17.1 Å². The smallest absolute Gasteiger partial charge is 0.425 e. The van der Waals surface area contributed by atoms with E-state index in [4.69, 9.17) is 16.5 Å². The molecule has 96 valence electrons. The van der Waals surface area contributed by atoms with Crippen molar-refractivity contribution in [3.63, 3.8) is 0 Å². The molecule has 16 heavy (non-hydrogen) atoms. The molecule has 0 aromatic heterocycles. The molecule has 1 unspecified atom stereocenters. The summed E-state index contributed by atoms with van der Waals surface area (Å²) in [5.74, 6) is 0. The molecule has 0 aromatic carbocycles. The Balaban J connectivity index is 2.70. The van der Waals surface area contributed by atoms with Crippen LogP contribution in [0, 0.1) is 0 Å². The van der Waals surface area contributed by atoms with E-state index in [-0.39, 0.29) is 5.04 Å². The molecule has 1 rings (SSSR count). The normalized spacial score (nSPS) is 29.8. The minimum absolute atomic E-state index is 0.211. The maximum Gasteiger partial charge on any atom is 0.455 e. The monoisotopic (exact) mass is 296 g/mol. The highest BCUT2D eigenvalue weighted by molar-refractivity contribution is 6.81. The summed E-state index contributed by atoms with van der Waals surface area (Å²) in [6.45, 7) is 13.6. The molecule has 0 bridgehead atoms. The third-order valence-electron chi connectivity index (χ3n) is 3.51. The van der Waals surface area contributed by atoms with Gasteiger partial charge in [0, 0.05) is 0 Å². The van der Waals surface area contributed by atoms with Gasteiger partial charge in [-0.1, -0.05) is 34.6 Å². The summed E-state index contributed by atoms with van der Waals surface area (Å²) in [5.41, 5.74) is 0.568. The van der Waals surface area contributed by atoms with Crippen molar-refractivity contribution in [3.05, 3.63) is 0 Å². The Morgan fingerprint density at radius 2 is 1.69 bits per heavy atom. The van der Waals surface area contributed by atoms with Gasteiger partial charge in [0.1, 0.15) is 0 Å². The van der Waals surface area contributed by atoms with Gasteiger partial charge in [0.05, 0.1) is 0 Å². The quantitative estimate of drug-likeness (QED) is 0.714. The van der Waals surface area contributed by atoms with Crippen LogP contribution in [-0.2, 0) is 16.5 Å². The first-order valence-electron chi connectivity index (χ1n) is 5.76. The van der Waals surface area contributed by atoms with Crippen molar-refractivity contribution in [2.45, 2.75) is 51.7 Å². The van der Waals surface area contributed by atoms with E-state index in [0.717, 1.165) is 0 Å². The predicted molar refractivity (Wildman–Crippen MR) is 75.0 cm³/mol. The first-order valence-corrected chi connectivity index (χ1v) is 12.0. The van der Waals surface area contributed by atoms with Crippen LogP contribution in [0.2, 0.25) is 17.1 Å². The lowest BCUT2D eigenvalue weighted by atomic mass is 10.2. The third kappa shape index (κ3) is 3.35. The molecular weight excluding hydrogens is 272 g/mol. The fraction of sp³-hybridized carbons (Fsp3) is 1.00. The van der Waals surface area contributed by atoms with E-state index in [9.17, 15) is 0 Å². The van der Waals surface area contributed by atoms with Crippen molar-refractivity contribution in [2.24, 2.45) is 0 Å². The van der Waals surface area contributed by atoms with Crippen LogP contribution in [-0.4, -0.2) is 37.9 Å². The van der Waals surface area contributed by atoms with Gasteiger partial charge < -0.3 is 16.5 Å². The molecule has 1 fully saturated rings. The largest absolute Gasteiger partial charge is 0.455 e. The molecule has 1 aliphatic heterocycles. The van der Waals surface area contributed by atoms with Crippen molar-refractivity contribution in [2.75, 3.05) is 0 Å². The zero-order chi connectivity index (χ0) is 12.4. The fourth-order valence-corrected chi connectivity index (χ4v) is 14.3. The lowest BCUT2D eigenvalue weighted by molar-refractivity contribution is 0.239. The van der Waals surface area contributed by atoms with Crippen LogP contribution in [0.4, 0.5) is 0 Å². The second kappa shape index (κ2) is 5.57. The van der Waals surface area contributed by atoms with E-state index < -0.39 is 37.9 Å². The molecule has 1 atom stereocenters. The number of hydrogen-bond donors (Lipinski definition) is 0. The Bertz CT molecular complexity index is 227. The number of rotatable bonds is 3. The predicted octanol–water partition coefficient (Wildman–Crippen LogP) is 0.567. The summed E-state index contributed by atoms with van der Waals surface area (Å²) in [6, 6.07) is 0. The van der Waals surface area contributed by atoms with Crippen LogP contribution in [0.15, 0.2) is 0 Å². The molecule has 4 nitrogen and oxygen atoms in total. The fourth-order valence-electron chi connectivity index (χ4n) is 1.74. The SMILES string of the molecule is CC(C)[Si](C)(O[SiH]1O[SiH2]O[SiH2]O1)C(C)(C)C. The molecule has 1 saturated heterocycles. The van der Waals surface area contributed by atoms with E-state index in [2.05, 4.69) is 41.2 Å². The van der Waals surface area contributed by atoms with Gasteiger partial charge >= 0.3 is 9.53 Å². The number of hydrogen-bond acceptors (Lipinski definition) is 4. The standard InChI is InChI=1S/C8H24O4Si4/c1-7(2)16(6,8(3,4)5)12-15-10-13-9-14-11-15/h7,15H,13-14H2,1-6H3. The maximum atomic E-state index is 6.33. The highest BCUT2D eigenvalue weighted by Crippen LogP contribution is 2.44. The maximum absolute atomic E-state index is 6.33. The van der Waals surface area contributed by atoms with Crippen molar-refractivity contribution in [1.82, 2.24) is 0 Å². The van der Waals surface area contributed by atoms with Gasteiger partial charge in [0.25, 0.3) is 20.0 Å². The van der Waals surface area contributed by atoms with Crippen molar-refractivity contribution in [1.29, 1.82) is 0 Å².